The van der Waals surface area contributed by atoms with E-state index in [9.17, 15) is 9.90 Å². The lowest BCUT2D eigenvalue weighted by atomic mass is 10.1. The summed E-state index contributed by atoms with van der Waals surface area (Å²) in [5.41, 5.74) is 2.78. The quantitative estimate of drug-likeness (QED) is 0.897. The lowest BCUT2D eigenvalue weighted by Gasteiger charge is -2.05. The minimum absolute atomic E-state index is 0.499. The third-order valence-electron chi connectivity index (χ3n) is 3.32. The first-order valence-electron chi connectivity index (χ1n) is 5.34. The first kappa shape index (κ1) is 9.46. The molecular formula is C11H12BrNO2. The molecule has 4 heteroatoms. The van der Waals surface area contributed by atoms with Crippen LogP contribution in [0.4, 0.5) is 0 Å². The molecule has 0 atom stereocenters. The highest BCUT2D eigenvalue weighted by atomic mass is 79.9. The van der Waals surface area contributed by atoms with Gasteiger partial charge in [-0.3, -0.25) is 0 Å². The van der Waals surface area contributed by atoms with Crippen molar-refractivity contribution >= 4 is 21.9 Å². The van der Waals surface area contributed by atoms with E-state index in [1.807, 2.05) is 0 Å². The van der Waals surface area contributed by atoms with Crippen molar-refractivity contribution in [3.8, 4) is 0 Å². The maximum absolute atomic E-state index is 11.2. The van der Waals surface area contributed by atoms with Crippen molar-refractivity contribution in [2.75, 3.05) is 0 Å². The van der Waals surface area contributed by atoms with Gasteiger partial charge in [-0.25, -0.2) is 4.79 Å². The number of nitrogens with zero attached hydrogens (tertiary/aromatic N) is 1. The van der Waals surface area contributed by atoms with Gasteiger partial charge in [0.05, 0.1) is 10.0 Å². The summed E-state index contributed by atoms with van der Waals surface area (Å²) in [5.74, 6) is -0.287. The summed E-state index contributed by atoms with van der Waals surface area (Å²) in [6, 6.07) is 0. The van der Waals surface area contributed by atoms with Crippen LogP contribution in [0.25, 0.3) is 0 Å². The lowest BCUT2D eigenvalue weighted by molar-refractivity contribution is 0.0694. The fourth-order valence-electron chi connectivity index (χ4n) is 2.55. The predicted molar refractivity (Wildman–Crippen MR) is 59.4 cm³/mol. The van der Waals surface area contributed by atoms with Gasteiger partial charge in [0, 0.05) is 23.9 Å². The van der Waals surface area contributed by atoms with Crippen molar-refractivity contribution in [1.82, 2.24) is 4.57 Å². The van der Waals surface area contributed by atoms with E-state index in [4.69, 9.17) is 0 Å². The average Bonchev–Trinajstić information content (AvgIpc) is 2.81. The number of fused-ring (bicyclic) bond motifs is 1. The van der Waals surface area contributed by atoms with Crippen molar-refractivity contribution in [2.24, 2.45) is 0 Å². The van der Waals surface area contributed by atoms with Gasteiger partial charge in [-0.1, -0.05) is 0 Å². The first-order valence-corrected chi connectivity index (χ1v) is 6.13. The topological polar surface area (TPSA) is 42.2 Å². The highest BCUT2D eigenvalue weighted by Crippen LogP contribution is 2.46. The van der Waals surface area contributed by atoms with E-state index >= 15 is 0 Å². The molecule has 0 unspecified atom stereocenters. The molecule has 0 radical (unpaired) electrons. The third-order valence-corrected chi connectivity index (χ3v) is 4.17. The number of rotatable bonds is 2. The van der Waals surface area contributed by atoms with Gasteiger partial charge in [0.1, 0.15) is 0 Å². The van der Waals surface area contributed by atoms with Crippen molar-refractivity contribution in [1.29, 1.82) is 0 Å². The maximum atomic E-state index is 11.2. The van der Waals surface area contributed by atoms with Crippen LogP contribution in [0, 0.1) is 0 Å². The SMILES string of the molecule is O=C(O)c1c(Br)c2n(c1C1CC1)CCC2. The van der Waals surface area contributed by atoms with Gasteiger partial charge in [-0.2, -0.15) is 0 Å². The van der Waals surface area contributed by atoms with E-state index < -0.39 is 5.97 Å². The van der Waals surface area contributed by atoms with Crippen LogP contribution in [0.3, 0.4) is 0 Å². The van der Waals surface area contributed by atoms with Crippen LogP contribution < -0.4 is 0 Å². The number of carboxylic acid groups (broad SMARTS) is 1. The molecule has 3 rings (SSSR count). The van der Waals surface area contributed by atoms with E-state index in [0.29, 0.717) is 11.5 Å². The monoisotopic (exact) mass is 269 g/mol. The Morgan fingerprint density at radius 2 is 2.20 bits per heavy atom. The number of carbonyl (C=O) groups is 1. The van der Waals surface area contributed by atoms with Gasteiger partial charge in [-0.05, 0) is 41.6 Å². The second-order valence-corrected chi connectivity index (χ2v) is 5.15. The van der Waals surface area contributed by atoms with Gasteiger partial charge in [0.2, 0.25) is 0 Å². The van der Waals surface area contributed by atoms with Gasteiger partial charge < -0.3 is 9.67 Å². The molecule has 1 aromatic rings. The van der Waals surface area contributed by atoms with E-state index in [0.717, 1.165) is 42.4 Å². The fraction of sp³-hybridized carbons (Fsp3) is 0.545. The van der Waals surface area contributed by atoms with Crippen molar-refractivity contribution < 1.29 is 9.90 Å². The average molecular weight is 270 g/mol. The minimum Gasteiger partial charge on any atom is -0.478 e. The van der Waals surface area contributed by atoms with E-state index in [2.05, 4.69) is 20.5 Å². The summed E-state index contributed by atoms with van der Waals surface area (Å²) in [6.07, 6.45) is 4.45. The minimum atomic E-state index is -0.786. The Hall–Kier alpha value is -0.770. The second kappa shape index (κ2) is 3.11. The molecule has 2 aliphatic rings. The highest BCUT2D eigenvalue weighted by molar-refractivity contribution is 9.10. The van der Waals surface area contributed by atoms with E-state index in [1.54, 1.807) is 0 Å². The summed E-state index contributed by atoms with van der Waals surface area (Å²) in [4.78, 5) is 11.2. The van der Waals surface area contributed by atoms with Crippen molar-refractivity contribution in [3.05, 3.63) is 21.4 Å². The molecule has 2 heterocycles. The van der Waals surface area contributed by atoms with E-state index in [-0.39, 0.29) is 0 Å². The summed E-state index contributed by atoms with van der Waals surface area (Å²) in [7, 11) is 0. The van der Waals surface area contributed by atoms with Gasteiger partial charge in [-0.15, -0.1) is 0 Å². The standard InChI is InChI=1S/C11H12BrNO2/c12-9-7-2-1-5-13(7)10(6-3-4-6)8(9)11(14)15/h6H,1-5H2,(H,14,15). The summed E-state index contributed by atoms with van der Waals surface area (Å²) < 4.78 is 3.06. The number of aromatic carboxylic acids is 1. The van der Waals surface area contributed by atoms with Crippen LogP contribution in [0.15, 0.2) is 4.47 Å². The summed E-state index contributed by atoms with van der Waals surface area (Å²) in [5, 5.41) is 9.24. The third kappa shape index (κ3) is 1.27. The number of aromatic nitrogens is 1. The molecule has 1 aliphatic heterocycles. The molecule has 0 bridgehead atoms. The number of carboxylic acids is 1. The Kier molecular flexibility index (Phi) is 1.96. The molecule has 1 aliphatic carbocycles. The largest absolute Gasteiger partial charge is 0.478 e. The second-order valence-electron chi connectivity index (χ2n) is 4.36. The first-order chi connectivity index (χ1) is 7.20. The molecule has 1 aromatic heterocycles. The summed E-state index contributed by atoms with van der Waals surface area (Å²) >= 11 is 3.45. The predicted octanol–water partition coefficient (Wildman–Crippen LogP) is 2.77. The van der Waals surface area contributed by atoms with Gasteiger partial charge in [0.15, 0.2) is 0 Å². The number of hydrogen-bond donors (Lipinski definition) is 1. The van der Waals surface area contributed by atoms with Crippen LogP contribution >= 0.6 is 15.9 Å². The molecule has 1 N–H and O–H groups in total. The zero-order chi connectivity index (χ0) is 10.6. The molecular weight excluding hydrogens is 258 g/mol. The van der Waals surface area contributed by atoms with Crippen LogP contribution in [0.2, 0.25) is 0 Å². The van der Waals surface area contributed by atoms with Gasteiger partial charge >= 0.3 is 5.97 Å². The van der Waals surface area contributed by atoms with Crippen LogP contribution in [-0.4, -0.2) is 15.6 Å². The molecule has 0 aromatic carbocycles. The Balaban J connectivity index is 2.24. The molecule has 0 saturated heterocycles. The highest BCUT2D eigenvalue weighted by Gasteiger charge is 2.36. The van der Waals surface area contributed by atoms with Crippen molar-refractivity contribution in [2.45, 2.75) is 38.1 Å². The summed E-state index contributed by atoms with van der Waals surface area (Å²) in [6.45, 7) is 0.993. The Bertz CT molecular complexity index is 446. The molecule has 0 amide bonds. The molecule has 80 valence electrons. The normalized spacial score (nSPS) is 19.3. The van der Waals surface area contributed by atoms with Gasteiger partial charge in [0.25, 0.3) is 0 Å². The fourth-order valence-corrected chi connectivity index (χ4v) is 3.33. The Morgan fingerprint density at radius 1 is 1.47 bits per heavy atom. The van der Waals surface area contributed by atoms with Crippen LogP contribution in [0.1, 0.15) is 46.9 Å². The molecule has 0 spiro atoms. The zero-order valence-electron chi connectivity index (χ0n) is 8.29. The Morgan fingerprint density at radius 3 is 2.80 bits per heavy atom. The van der Waals surface area contributed by atoms with E-state index in [1.165, 1.54) is 5.69 Å². The lowest BCUT2D eigenvalue weighted by Crippen LogP contribution is -2.04. The molecule has 1 saturated carbocycles. The maximum Gasteiger partial charge on any atom is 0.338 e. The number of halogens is 1. The Labute approximate surface area is 96.2 Å². The molecule has 1 fully saturated rings. The number of hydrogen-bond acceptors (Lipinski definition) is 1. The van der Waals surface area contributed by atoms with Crippen molar-refractivity contribution in [3.63, 3.8) is 0 Å². The smallest absolute Gasteiger partial charge is 0.338 e. The molecule has 15 heavy (non-hydrogen) atoms. The zero-order valence-corrected chi connectivity index (χ0v) is 9.88. The van der Waals surface area contributed by atoms with Crippen LogP contribution in [0.5, 0.6) is 0 Å². The van der Waals surface area contributed by atoms with Crippen LogP contribution in [-0.2, 0) is 13.0 Å². The molecule has 3 nitrogen and oxygen atoms in total.